The summed E-state index contributed by atoms with van der Waals surface area (Å²) in [5.74, 6) is -6.58. The molecule has 0 aromatic rings. The summed E-state index contributed by atoms with van der Waals surface area (Å²) in [7, 11) is 0. The van der Waals surface area contributed by atoms with E-state index in [4.69, 9.17) is 15.3 Å². The van der Waals surface area contributed by atoms with E-state index in [-0.39, 0.29) is 13.0 Å². The van der Waals surface area contributed by atoms with Crippen molar-refractivity contribution in [3.8, 4) is 0 Å². The van der Waals surface area contributed by atoms with Gasteiger partial charge in [-0.2, -0.15) is 0 Å². The molecule has 3 atom stereocenters. The van der Waals surface area contributed by atoms with Crippen molar-refractivity contribution in [3.05, 3.63) is 0 Å². The van der Waals surface area contributed by atoms with E-state index in [1.54, 1.807) is 0 Å². The zero-order chi connectivity index (χ0) is 11.6. The Hall–Kier alpha value is -1.63. The molecule has 7 heteroatoms. The molecule has 0 spiro atoms. The average molecular weight is 217 g/mol. The number of carboxylic acid groups (broad SMARTS) is 3. The molecule has 0 aromatic carbocycles. The van der Waals surface area contributed by atoms with Crippen LogP contribution in [0.15, 0.2) is 0 Å². The Morgan fingerprint density at radius 3 is 2.00 bits per heavy atom. The summed E-state index contributed by atoms with van der Waals surface area (Å²) in [4.78, 5) is 32.3. The number of rotatable bonds is 3. The first-order valence-corrected chi connectivity index (χ1v) is 4.37. The second-order valence-electron chi connectivity index (χ2n) is 3.37. The van der Waals surface area contributed by atoms with Gasteiger partial charge >= 0.3 is 17.9 Å². The van der Waals surface area contributed by atoms with Gasteiger partial charge in [-0.05, 0) is 13.0 Å². The van der Waals surface area contributed by atoms with Crippen molar-refractivity contribution in [2.24, 2.45) is 11.8 Å². The number of hydrogen-bond acceptors (Lipinski definition) is 4. The molecule has 84 valence electrons. The summed E-state index contributed by atoms with van der Waals surface area (Å²) in [6, 6.07) is -1.34. The lowest BCUT2D eigenvalue weighted by Crippen LogP contribution is -2.55. The maximum Gasteiger partial charge on any atom is 0.321 e. The van der Waals surface area contributed by atoms with Crippen molar-refractivity contribution >= 4 is 17.9 Å². The first-order valence-electron chi connectivity index (χ1n) is 4.37. The molecule has 0 aromatic heterocycles. The van der Waals surface area contributed by atoms with Crippen LogP contribution >= 0.6 is 0 Å². The van der Waals surface area contributed by atoms with Crippen molar-refractivity contribution in [2.75, 3.05) is 6.54 Å². The number of hydrogen-bond donors (Lipinski definition) is 4. The van der Waals surface area contributed by atoms with Gasteiger partial charge in [-0.15, -0.1) is 0 Å². The van der Waals surface area contributed by atoms with Crippen molar-refractivity contribution in [3.63, 3.8) is 0 Å². The van der Waals surface area contributed by atoms with E-state index >= 15 is 0 Å². The number of nitrogens with one attached hydrogen (secondary N) is 1. The predicted molar refractivity (Wildman–Crippen MR) is 46.3 cm³/mol. The summed E-state index contributed by atoms with van der Waals surface area (Å²) in [5, 5.41) is 28.8. The molecule has 0 aliphatic carbocycles. The normalized spacial score (nSPS) is 30.8. The van der Waals surface area contributed by atoms with Gasteiger partial charge in [-0.3, -0.25) is 14.4 Å². The molecule has 1 aliphatic rings. The Labute approximate surface area is 84.7 Å². The van der Waals surface area contributed by atoms with Gasteiger partial charge in [0.1, 0.15) is 6.04 Å². The minimum Gasteiger partial charge on any atom is -0.481 e. The van der Waals surface area contributed by atoms with Crippen LogP contribution in [0.4, 0.5) is 0 Å². The fraction of sp³-hybridized carbons (Fsp3) is 0.625. The fourth-order valence-electron chi connectivity index (χ4n) is 1.77. The van der Waals surface area contributed by atoms with E-state index in [9.17, 15) is 14.4 Å². The molecule has 15 heavy (non-hydrogen) atoms. The summed E-state index contributed by atoms with van der Waals surface area (Å²) < 4.78 is 0. The lowest BCUT2D eigenvalue weighted by atomic mass is 9.80. The molecule has 0 bridgehead atoms. The topological polar surface area (TPSA) is 124 Å². The van der Waals surface area contributed by atoms with Crippen LogP contribution in [-0.2, 0) is 14.4 Å². The first-order chi connectivity index (χ1) is 6.95. The molecule has 1 saturated heterocycles. The van der Waals surface area contributed by atoms with Gasteiger partial charge in [0, 0.05) is 0 Å². The third-order valence-electron chi connectivity index (χ3n) is 2.48. The third-order valence-corrected chi connectivity index (χ3v) is 2.48. The Bertz CT molecular complexity index is 280. The second kappa shape index (κ2) is 4.26. The highest BCUT2D eigenvalue weighted by atomic mass is 16.4. The number of carboxylic acids is 3. The standard InChI is InChI=1S/C8H11NO6/c10-6(11)3-1-2-9-5(8(14)15)4(3)7(12)13/h3-5,9H,1-2H2,(H,10,11)(H,12,13)(H,14,15). The average Bonchev–Trinajstić information content (AvgIpc) is 2.16. The number of carbonyl (C=O) groups is 3. The van der Waals surface area contributed by atoms with Crippen LogP contribution in [0.25, 0.3) is 0 Å². The maximum atomic E-state index is 10.8. The minimum atomic E-state index is -1.42. The maximum absolute atomic E-state index is 10.8. The van der Waals surface area contributed by atoms with Crippen LogP contribution in [0.5, 0.6) is 0 Å². The smallest absolute Gasteiger partial charge is 0.321 e. The molecule has 1 heterocycles. The molecule has 0 amide bonds. The SMILES string of the molecule is O=C(O)C1CCNC(C(=O)O)C1C(=O)O. The van der Waals surface area contributed by atoms with Gasteiger partial charge in [-0.25, -0.2) is 0 Å². The van der Waals surface area contributed by atoms with E-state index in [0.29, 0.717) is 0 Å². The molecule has 7 nitrogen and oxygen atoms in total. The molecule has 3 unspecified atom stereocenters. The quantitative estimate of drug-likeness (QED) is 0.469. The lowest BCUT2D eigenvalue weighted by molar-refractivity contribution is -0.161. The third kappa shape index (κ3) is 2.24. The van der Waals surface area contributed by atoms with Gasteiger partial charge in [0.2, 0.25) is 0 Å². The molecule has 4 N–H and O–H groups in total. The Kier molecular flexibility index (Phi) is 3.25. The van der Waals surface area contributed by atoms with Crippen LogP contribution in [0, 0.1) is 11.8 Å². The molecular formula is C8H11NO6. The fourth-order valence-corrected chi connectivity index (χ4v) is 1.77. The van der Waals surface area contributed by atoms with E-state index in [1.165, 1.54) is 0 Å². The summed E-state index contributed by atoms with van der Waals surface area (Å²) in [5.41, 5.74) is 0. The lowest BCUT2D eigenvalue weighted by Gasteiger charge is -2.31. The molecular weight excluding hydrogens is 206 g/mol. The monoisotopic (exact) mass is 217 g/mol. The Morgan fingerprint density at radius 1 is 1.00 bits per heavy atom. The van der Waals surface area contributed by atoms with E-state index in [1.807, 2.05) is 0 Å². The van der Waals surface area contributed by atoms with Gasteiger partial charge in [0.25, 0.3) is 0 Å². The largest absolute Gasteiger partial charge is 0.481 e. The van der Waals surface area contributed by atoms with E-state index in [2.05, 4.69) is 5.32 Å². The molecule has 1 fully saturated rings. The first kappa shape index (κ1) is 11.4. The predicted octanol–water partition coefficient (Wildman–Crippen LogP) is -1.17. The highest BCUT2D eigenvalue weighted by molar-refractivity contribution is 5.87. The van der Waals surface area contributed by atoms with Crippen molar-refractivity contribution in [2.45, 2.75) is 12.5 Å². The van der Waals surface area contributed by atoms with Crippen LogP contribution < -0.4 is 5.32 Å². The molecule has 0 saturated carbocycles. The van der Waals surface area contributed by atoms with Crippen LogP contribution in [0.2, 0.25) is 0 Å². The van der Waals surface area contributed by atoms with Gasteiger partial charge < -0.3 is 20.6 Å². The van der Waals surface area contributed by atoms with Crippen molar-refractivity contribution in [1.29, 1.82) is 0 Å². The van der Waals surface area contributed by atoms with Crippen LogP contribution in [0.1, 0.15) is 6.42 Å². The highest BCUT2D eigenvalue weighted by Gasteiger charge is 2.45. The van der Waals surface area contributed by atoms with Gasteiger partial charge in [0.15, 0.2) is 0 Å². The van der Waals surface area contributed by atoms with Crippen molar-refractivity contribution in [1.82, 2.24) is 5.32 Å². The molecule has 1 rings (SSSR count). The second-order valence-corrected chi connectivity index (χ2v) is 3.37. The summed E-state index contributed by atoms with van der Waals surface area (Å²) in [6.45, 7) is 0.192. The van der Waals surface area contributed by atoms with E-state index in [0.717, 1.165) is 0 Å². The van der Waals surface area contributed by atoms with Crippen LogP contribution in [0.3, 0.4) is 0 Å². The van der Waals surface area contributed by atoms with Crippen molar-refractivity contribution < 1.29 is 29.7 Å². The Balaban J connectivity index is 2.95. The van der Waals surface area contributed by atoms with E-state index < -0.39 is 35.8 Å². The number of aliphatic carboxylic acids is 3. The molecule has 0 radical (unpaired) electrons. The Morgan fingerprint density at radius 2 is 1.60 bits per heavy atom. The number of piperidine rings is 1. The zero-order valence-corrected chi connectivity index (χ0v) is 7.71. The highest BCUT2D eigenvalue weighted by Crippen LogP contribution is 2.24. The zero-order valence-electron chi connectivity index (χ0n) is 7.71. The van der Waals surface area contributed by atoms with Gasteiger partial charge in [-0.1, -0.05) is 0 Å². The van der Waals surface area contributed by atoms with Crippen LogP contribution in [-0.4, -0.2) is 45.8 Å². The summed E-state index contributed by atoms with van der Waals surface area (Å²) in [6.07, 6.45) is 0.121. The summed E-state index contributed by atoms with van der Waals surface area (Å²) >= 11 is 0. The minimum absolute atomic E-state index is 0.121. The van der Waals surface area contributed by atoms with Gasteiger partial charge in [0.05, 0.1) is 11.8 Å². The molecule has 1 aliphatic heterocycles.